The van der Waals surface area contributed by atoms with E-state index in [1.54, 1.807) is 42.5 Å². The summed E-state index contributed by atoms with van der Waals surface area (Å²) >= 11 is 12.9. The molecule has 0 aliphatic heterocycles. The number of imidazole rings is 1. The molecule has 2 amide bonds. The van der Waals surface area contributed by atoms with Crippen LogP contribution in [0.1, 0.15) is 29.9 Å². The lowest BCUT2D eigenvalue weighted by molar-refractivity contribution is -0.117. The van der Waals surface area contributed by atoms with Gasteiger partial charge in [-0.3, -0.25) is 10.1 Å². The number of rotatable bonds is 9. The maximum absolute atomic E-state index is 13.4. The number of amides is 2. The van der Waals surface area contributed by atoms with E-state index in [2.05, 4.69) is 35.9 Å². The van der Waals surface area contributed by atoms with Gasteiger partial charge in [-0.15, -0.1) is 5.10 Å². The van der Waals surface area contributed by atoms with E-state index in [1.807, 2.05) is 37.3 Å². The van der Waals surface area contributed by atoms with Gasteiger partial charge in [0.2, 0.25) is 5.91 Å². The Morgan fingerprint density at radius 1 is 1.07 bits per heavy atom. The molecular weight excluding hydrogens is 591 g/mol. The minimum atomic E-state index is -0.571. The van der Waals surface area contributed by atoms with E-state index in [4.69, 9.17) is 28.2 Å². The molecule has 0 fully saturated rings. The average molecular weight is 617 g/mol. The Labute approximate surface area is 256 Å². The van der Waals surface area contributed by atoms with Crippen LogP contribution in [-0.2, 0) is 16.0 Å². The molecule has 1 atom stereocenters. The highest BCUT2D eigenvalue weighted by Crippen LogP contribution is 2.30. The Hall–Kier alpha value is -5.00. The third kappa shape index (κ3) is 7.26. The number of aromatic amines is 1. The van der Waals surface area contributed by atoms with Gasteiger partial charge in [0.15, 0.2) is 0 Å². The van der Waals surface area contributed by atoms with Crippen LogP contribution < -0.4 is 10.6 Å². The number of benzene rings is 3. The van der Waals surface area contributed by atoms with E-state index >= 15 is 0 Å². The van der Waals surface area contributed by atoms with Gasteiger partial charge < -0.3 is 15.0 Å². The molecule has 0 saturated heterocycles. The first-order valence-electron chi connectivity index (χ1n) is 13.1. The number of hydrogen-bond acceptors (Lipinski definition) is 7. The molecule has 0 spiro atoms. The number of halogens is 2. The van der Waals surface area contributed by atoms with E-state index < -0.39 is 12.1 Å². The first-order valence-corrected chi connectivity index (χ1v) is 13.8. The molecule has 2 aromatic heterocycles. The largest absolute Gasteiger partial charge is 0.453 e. The zero-order valence-electron chi connectivity index (χ0n) is 23.1. The van der Waals surface area contributed by atoms with Crippen LogP contribution in [0.5, 0.6) is 0 Å². The smallest absolute Gasteiger partial charge is 0.411 e. The van der Waals surface area contributed by atoms with Crippen molar-refractivity contribution in [2.24, 2.45) is 0 Å². The van der Waals surface area contributed by atoms with Crippen LogP contribution in [0.3, 0.4) is 0 Å². The third-order valence-electron chi connectivity index (χ3n) is 6.52. The van der Waals surface area contributed by atoms with Crippen molar-refractivity contribution < 1.29 is 14.3 Å². The molecule has 3 aromatic carbocycles. The van der Waals surface area contributed by atoms with Gasteiger partial charge in [0.05, 0.1) is 18.8 Å². The Balaban J connectivity index is 1.42. The number of carbonyl (C=O) groups is 2. The average Bonchev–Trinajstić information content (AvgIpc) is 3.68. The fourth-order valence-electron chi connectivity index (χ4n) is 4.45. The molecule has 13 heteroatoms. The normalized spacial score (nSPS) is 12.0. The Morgan fingerprint density at radius 2 is 1.84 bits per heavy atom. The Kier molecular flexibility index (Phi) is 9.14. The maximum atomic E-state index is 13.4. The summed E-state index contributed by atoms with van der Waals surface area (Å²) in [5.74, 6) is 0.144. The number of anilines is 1. The number of aromatic nitrogens is 6. The van der Waals surface area contributed by atoms with Crippen molar-refractivity contribution in [1.29, 1.82) is 0 Å². The lowest BCUT2D eigenvalue weighted by Crippen LogP contribution is -2.29. The Morgan fingerprint density at radius 3 is 2.53 bits per heavy atom. The SMILES string of the molecule is COC(=O)Nc1ccc(-c2nc([C@H](Cc3ccccc3)NC(=O)/C=C(/C)c3cc(Cl)ccc3-n3cnnn3)[nH]c2Cl)cc1. The zero-order valence-corrected chi connectivity index (χ0v) is 24.6. The van der Waals surface area contributed by atoms with Crippen LogP contribution in [0.25, 0.3) is 22.5 Å². The quantitative estimate of drug-likeness (QED) is 0.171. The van der Waals surface area contributed by atoms with Gasteiger partial charge in [-0.2, -0.15) is 4.68 Å². The van der Waals surface area contributed by atoms with Crippen molar-refractivity contribution in [3.63, 3.8) is 0 Å². The molecule has 0 unspecified atom stereocenters. The highest BCUT2D eigenvalue weighted by Gasteiger charge is 2.22. The first kappa shape index (κ1) is 29.5. The van der Waals surface area contributed by atoms with E-state index in [9.17, 15) is 9.59 Å². The summed E-state index contributed by atoms with van der Waals surface area (Å²) in [5, 5.41) is 17.9. The number of allylic oxidation sites excluding steroid dienone is 1. The summed E-state index contributed by atoms with van der Waals surface area (Å²) in [7, 11) is 1.29. The van der Waals surface area contributed by atoms with Crippen LogP contribution in [0.2, 0.25) is 10.2 Å². The molecule has 0 saturated carbocycles. The van der Waals surface area contributed by atoms with E-state index in [-0.39, 0.29) is 5.91 Å². The summed E-state index contributed by atoms with van der Waals surface area (Å²) in [4.78, 5) is 32.8. The van der Waals surface area contributed by atoms with E-state index in [1.165, 1.54) is 24.2 Å². The van der Waals surface area contributed by atoms with Gasteiger partial charge >= 0.3 is 6.09 Å². The van der Waals surface area contributed by atoms with Crippen molar-refractivity contribution in [2.45, 2.75) is 19.4 Å². The van der Waals surface area contributed by atoms with Gasteiger partial charge in [-0.1, -0.05) is 65.7 Å². The van der Waals surface area contributed by atoms with Crippen LogP contribution in [0.15, 0.2) is 85.2 Å². The van der Waals surface area contributed by atoms with Crippen molar-refractivity contribution in [3.8, 4) is 16.9 Å². The lowest BCUT2D eigenvalue weighted by Gasteiger charge is -2.17. The topological polar surface area (TPSA) is 140 Å². The fourth-order valence-corrected chi connectivity index (χ4v) is 4.88. The summed E-state index contributed by atoms with van der Waals surface area (Å²) in [6, 6.07) is 21.5. The molecule has 5 rings (SSSR count). The molecule has 2 heterocycles. The summed E-state index contributed by atoms with van der Waals surface area (Å²) < 4.78 is 6.14. The van der Waals surface area contributed by atoms with E-state index in [0.717, 1.165) is 11.1 Å². The number of nitrogens with zero attached hydrogens (tertiary/aromatic N) is 5. The van der Waals surface area contributed by atoms with Crippen molar-refractivity contribution >= 4 is 46.5 Å². The van der Waals surface area contributed by atoms with Gasteiger partial charge in [0.1, 0.15) is 23.0 Å². The minimum absolute atomic E-state index is 0.313. The van der Waals surface area contributed by atoms with Gasteiger partial charge in [0.25, 0.3) is 0 Å². The second kappa shape index (κ2) is 13.3. The summed E-state index contributed by atoms with van der Waals surface area (Å²) in [6.45, 7) is 1.81. The van der Waals surface area contributed by atoms with Crippen LogP contribution >= 0.6 is 23.2 Å². The van der Waals surface area contributed by atoms with Gasteiger partial charge in [0, 0.05) is 27.9 Å². The minimum Gasteiger partial charge on any atom is -0.453 e. The van der Waals surface area contributed by atoms with E-state index in [0.29, 0.717) is 50.6 Å². The van der Waals surface area contributed by atoms with Crippen molar-refractivity contribution in [3.05, 3.63) is 112 Å². The number of tetrazole rings is 1. The Bertz CT molecular complexity index is 1750. The highest BCUT2D eigenvalue weighted by atomic mass is 35.5. The van der Waals surface area contributed by atoms with Crippen LogP contribution in [0, 0.1) is 0 Å². The number of hydrogen-bond donors (Lipinski definition) is 3. The molecule has 5 aromatic rings. The molecule has 218 valence electrons. The molecule has 0 aliphatic rings. The van der Waals surface area contributed by atoms with Gasteiger partial charge in [-0.05, 0) is 65.2 Å². The van der Waals surface area contributed by atoms with Crippen LogP contribution in [-0.4, -0.2) is 49.3 Å². The number of H-pyrrole nitrogens is 1. The summed E-state index contributed by atoms with van der Waals surface area (Å²) in [6.07, 6.45) is 2.85. The predicted molar refractivity (Wildman–Crippen MR) is 164 cm³/mol. The molecule has 43 heavy (non-hydrogen) atoms. The fraction of sp³-hybridized carbons (Fsp3) is 0.133. The van der Waals surface area contributed by atoms with Crippen molar-refractivity contribution in [2.75, 3.05) is 12.4 Å². The molecule has 0 radical (unpaired) electrons. The monoisotopic (exact) mass is 616 g/mol. The number of methoxy groups -OCH3 is 1. The number of ether oxygens (including phenoxy) is 1. The van der Waals surface area contributed by atoms with Crippen molar-refractivity contribution in [1.82, 2.24) is 35.5 Å². The molecule has 11 nitrogen and oxygen atoms in total. The molecule has 0 bridgehead atoms. The maximum Gasteiger partial charge on any atom is 0.411 e. The highest BCUT2D eigenvalue weighted by molar-refractivity contribution is 6.32. The van der Waals surface area contributed by atoms with Gasteiger partial charge in [-0.25, -0.2) is 9.78 Å². The molecule has 3 N–H and O–H groups in total. The molecular formula is C30H26Cl2N8O3. The number of nitrogens with one attached hydrogen (secondary N) is 3. The second-order valence-corrected chi connectivity index (χ2v) is 10.3. The zero-order chi connectivity index (χ0) is 30.3. The number of carbonyl (C=O) groups excluding carboxylic acids is 2. The standard InChI is InChI=1S/C30H26Cl2N8O3/c1-18(23-16-21(31)10-13-25(23)40-17-33-38-39-40)14-26(41)35-24(15-19-6-4-3-5-7-19)29-36-27(28(32)37-29)20-8-11-22(12-9-20)34-30(42)43-2/h3-14,16-17,24H,15H2,1-2H3,(H,34,42)(H,35,41)(H,36,37)/b18-14-/t24-/m0/s1. The first-order chi connectivity index (χ1) is 20.8. The summed E-state index contributed by atoms with van der Waals surface area (Å²) in [5.41, 5.74) is 4.81. The van der Waals surface area contributed by atoms with Crippen LogP contribution in [0.4, 0.5) is 10.5 Å². The second-order valence-electron chi connectivity index (χ2n) is 9.47. The third-order valence-corrected chi connectivity index (χ3v) is 7.03. The predicted octanol–water partition coefficient (Wildman–Crippen LogP) is 6.04. The lowest BCUT2D eigenvalue weighted by atomic mass is 10.0. The molecule has 0 aliphatic carbocycles.